The van der Waals surface area contributed by atoms with Crippen LogP contribution in [-0.4, -0.2) is 19.0 Å². The molecule has 19 heavy (non-hydrogen) atoms. The third kappa shape index (κ3) is 3.70. The maximum Gasteiger partial charge on any atom is 0.418 e. The number of halogens is 3. The van der Waals surface area contributed by atoms with Crippen LogP contribution >= 0.6 is 0 Å². The molecular formula is C13H15F3N2O. The van der Waals surface area contributed by atoms with Gasteiger partial charge in [-0.3, -0.25) is 4.79 Å². The van der Waals surface area contributed by atoms with Crippen LogP contribution in [-0.2, 0) is 11.0 Å². The molecule has 0 bridgehead atoms. The van der Waals surface area contributed by atoms with E-state index in [2.05, 4.69) is 10.6 Å². The molecule has 104 valence electrons. The molecule has 2 N–H and O–H groups in total. The summed E-state index contributed by atoms with van der Waals surface area (Å²) in [6.07, 6.45) is -3.33. The predicted octanol–water partition coefficient (Wildman–Crippen LogP) is 2.64. The molecule has 2 rings (SSSR count). The molecular weight excluding hydrogens is 257 g/mol. The van der Waals surface area contributed by atoms with Gasteiger partial charge in [0.2, 0.25) is 5.91 Å². The van der Waals surface area contributed by atoms with Crippen LogP contribution in [0.15, 0.2) is 24.3 Å². The number of anilines is 1. The smallest absolute Gasteiger partial charge is 0.325 e. The highest BCUT2D eigenvalue weighted by molar-refractivity contribution is 5.91. The Bertz CT molecular complexity index is 453. The molecule has 0 saturated carbocycles. The van der Waals surface area contributed by atoms with Gasteiger partial charge >= 0.3 is 6.18 Å². The van der Waals surface area contributed by atoms with Crippen molar-refractivity contribution in [1.82, 2.24) is 5.32 Å². The number of nitrogens with one attached hydrogen (secondary N) is 2. The van der Waals surface area contributed by atoms with Gasteiger partial charge in [-0.15, -0.1) is 0 Å². The quantitative estimate of drug-likeness (QED) is 0.888. The van der Waals surface area contributed by atoms with E-state index < -0.39 is 11.7 Å². The number of benzene rings is 1. The molecule has 3 nitrogen and oxygen atoms in total. The summed E-state index contributed by atoms with van der Waals surface area (Å²) in [6, 6.07) is 5.02. The maximum atomic E-state index is 12.7. The van der Waals surface area contributed by atoms with E-state index in [-0.39, 0.29) is 23.9 Å². The fourth-order valence-corrected chi connectivity index (χ4v) is 2.19. The van der Waals surface area contributed by atoms with Gasteiger partial charge in [-0.25, -0.2) is 0 Å². The largest absolute Gasteiger partial charge is 0.418 e. The lowest BCUT2D eigenvalue weighted by atomic mass is 10.0. The van der Waals surface area contributed by atoms with Crippen LogP contribution in [0.2, 0.25) is 0 Å². The number of hydrogen-bond donors (Lipinski definition) is 2. The van der Waals surface area contributed by atoms with Crippen molar-refractivity contribution < 1.29 is 18.0 Å². The normalized spacial score (nSPS) is 19.4. The van der Waals surface area contributed by atoms with Crippen LogP contribution < -0.4 is 10.6 Å². The summed E-state index contributed by atoms with van der Waals surface area (Å²) in [5.74, 6) is -0.163. The molecule has 1 atom stereocenters. The van der Waals surface area contributed by atoms with Crippen molar-refractivity contribution in [2.45, 2.75) is 19.0 Å². The second-order valence-electron chi connectivity index (χ2n) is 4.65. The van der Waals surface area contributed by atoms with Crippen LogP contribution in [0.4, 0.5) is 18.9 Å². The number of carbonyl (C=O) groups excluding carboxylic acids is 1. The van der Waals surface area contributed by atoms with E-state index in [4.69, 9.17) is 0 Å². The SMILES string of the molecule is O=C(CC1CCNC1)Nc1ccccc1C(F)(F)F. The first-order valence-corrected chi connectivity index (χ1v) is 6.13. The molecule has 6 heteroatoms. The van der Waals surface area contributed by atoms with Gasteiger partial charge in [0.1, 0.15) is 0 Å². The molecule has 1 heterocycles. The first-order chi connectivity index (χ1) is 8.97. The lowest BCUT2D eigenvalue weighted by molar-refractivity contribution is -0.137. The zero-order valence-electron chi connectivity index (χ0n) is 10.3. The highest BCUT2D eigenvalue weighted by Gasteiger charge is 2.33. The number of amides is 1. The van der Waals surface area contributed by atoms with Gasteiger partial charge in [0.15, 0.2) is 0 Å². The van der Waals surface area contributed by atoms with Crippen LogP contribution in [0.3, 0.4) is 0 Å². The summed E-state index contributed by atoms with van der Waals surface area (Å²) in [6.45, 7) is 1.60. The standard InChI is InChI=1S/C13H15F3N2O/c14-13(15,16)10-3-1-2-4-11(10)18-12(19)7-9-5-6-17-8-9/h1-4,9,17H,5-8H2,(H,18,19). The van der Waals surface area contributed by atoms with E-state index in [0.717, 1.165) is 25.6 Å². The average molecular weight is 272 g/mol. The third-order valence-corrected chi connectivity index (χ3v) is 3.14. The summed E-state index contributed by atoms with van der Waals surface area (Å²) in [5.41, 5.74) is -0.987. The molecule has 0 aliphatic carbocycles. The lowest BCUT2D eigenvalue weighted by Crippen LogP contribution is -2.20. The Morgan fingerprint density at radius 2 is 2.11 bits per heavy atom. The van der Waals surface area contributed by atoms with Crippen molar-refractivity contribution in [2.75, 3.05) is 18.4 Å². The molecule has 0 radical (unpaired) electrons. The Morgan fingerprint density at radius 1 is 1.37 bits per heavy atom. The summed E-state index contributed by atoms with van der Waals surface area (Å²) < 4.78 is 38.2. The monoisotopic (exact) mass is 272 g/mol. The Balaban J connectivity index is 2.04. The van der Waals surface area contributed by atoms with Crippen molar-refractivity contribution >= 4 is 11.6 Å². The molecule has 0 aromatic heterocycles. The van der Waals surface area contributed by atoms with Crippen molar-refractivity contribution in [3.05, 3.63) is 29.8 Å². The first kappa shape index (κ1) is 13.9. The Kier molecular flexibility index (Phi) is 4.09. The summed E-state index contributed by atoms with van der Waals surface area (Å²) >= 11 is 0. The molecule has 1 aromatic rings. The third-order valence-electron chi connectivity index (χ3n) is 3.14. The lowest BCUT2D eigenvalue weighted by Gasteiger charge is -2.14. The van der Waals surface area contributed by atoms with E-state index in [1.165, 1.54) is 18.2 Å². The minimum Gasteiger partial charge on any atom is -0.325 e. The van der Waals surface area contributed by atoms with Crippen molar-refractivity contribution in [3.63, 3.8) is 0 Å². The molecule has 1 amide bonds. The Labute approximate surface area is 109 Å². The average Bonchev–Trinajstić information content (AvgIpc) is 2.81. The van der Waals surface area contributed by atoms with Gasteiger partial charge in [0.25, 0.3) is 0 Å². The minimum atomic E-state index is -4.46. The van der Waals surface area contributed by atoms with Gasteiger partial charge < -0.3 is 10.6 Å². The van der Waals surface area contributed by atoms with Crippen LogP contribution in [0, 0.1) is 5.92 Å². The molecule has 0 spiro atoms. The fraction of sp³-hybridized carbons (Fsp3) is 0.462. The van der Waals surface area contributed by atoms with E-state index in [1.807, 2.05) is 0 Å². The molecule has 1 saturated heterocycles. The van der Waals surface area contributed by atoms with Crippen LogP contribution in [0.1, 0.15) is 18.4 Å². The van der Waals surface area contributed by atoms with E-state index in [0.29, 0.717) is 0 Å². The zero-order chi connectivity index (χ0) is 13.9. The van der Waals surface area contributed by atoms with Crippen molar-refractivity contribution in [1.29, 1.82) is 0 Å². The number of rotatable bonds is 3. The summed E-state index contributed by atoms with van der Waals surface area (Å²) in [5, 5.41) is 5.47. The maximum absolute atomic E-state index is 12.7. The molecule has 1 unspecified atom stereocenters. The van der Waals surface area contributed by atoms with E-state index >= 15 is 0 Å². The second kappa shape index (κ2) is 5.61. The van der Waals surface area contributed by atoms with Gasteiger partial charge in [0, 0.05) is 6.42 Å². The highest BCUT2D eigenvalue weighted by atomic mass is 19.4. The Morgan fingerprint density at radius 3 is 2.74 bits per heavy atom. The van der Waals surface area contributed by atoms with Gasteiger partial charge in [-0.1, -0.05) is 12.1 Å². The van der Waals surface area contributed by atoms with E-state index in [9.17, 15) is 18.0 Å². The van der Waals surface area contributed by atoms with Crippen molar-refractivity contribution in [3.8, 4) is 0 Å². The van der Waals surface area contributed by atoms with Gasteiger partial charge in [-0.2, -0.15) is 13.2 Å². The van der Waals surface area contributed by atoms with Crippen molar-refractivity contribution in [2.24, 2.45) is 5.92 Å². The molecule has 1 aliphatic heterocycles. The first-order valence-electron chi connectivity index (χ1n) is 6.13. The van der Waals surface area contributed by atoms with Gasteiger partial charge in [0.05, 0.1) is 11.3 Å². The van der Waals surface area contributed by atoms with Crippen LogP contribution in [0.5, 0.6) is 0 Å². The number of carbonyl (C=O) groups is 1. The number of alkyl halides is 3. The van der Waals surface area contributed by atoms with E-state index in [1.54, 1.807) is 0 Å². The Hall–Kier alpha value is -1.56. The molecule has 1 aromatic carbocycles. The topological polar surface area (TPSA) is 41.1 Å². The zero-order valence-corrected chi connectivity index (χ0v) is 10.3. The van der Waals surface area contributed by atoms with Crippen LogP contribution in [0.25, 0.3) is 0 Å². The fourth-order valence-electron chi connectivity index (χ4n) is 2.19. The highest BCUT2D eigenvalue weighted by Crippen LogP contribution is 2.34. The summed E-state index contributed by atoms with van der Waals surface area (Å²) in [4.78, 5) is 11.7. The molecule has 1 aliphatic rings. The predicted molar refractivity (Wildman–Crippen MR) is 65.7 cm³/mol. The second-order valence-corrected chi connectivity index (χ2v) is 4.65. The van der Waals surface area contributed by atoms with Gasteiger partial charge in [-0.05, 0) is 37.6 Å². The summed E-state index contributed by atoms with van der Waals surface area (Å²) in [7, 11) is 0. The molecule has 1 fully saturated rings. The number of para-hydroxylation sites is 1. The minimum absolute atomic E-state index is 0.175. The number of hydrogen-bond acceptors (Lipinski definition) is 2.